The van der Waals surface area contributed by atoms with E-state index in [0.717, 1.165) is 26.2 Å². The molecule has 0 bridgehead atoms. The molecule has 0 saturated carbocycles. The van der Waals surface area contributed by atoms with Crippen molar-refractivity contribution in [3.63, 3.8) is 0 Å². The average molecular weight is 293 g/mol. The van der Waals surface area contributed by atoms with Gasteiger partial charge in [-0.05, 0) is 11.6 Å². The zero-order chi connectivity index (χ0) is 13.1. The number of rotatable bonds is 3. The van der Waals surface area contributed by atoms with Crippen molar-refractivity contribution in [1.82, 2.24) is 20.0 Å². The third kappa shape index (κ3) is 3.03. The van der Waals surface area contributed by atoms with Crippen LogP contribution < -0.4 is 5.32 Å². The van der Waals surface area contributed by atoms with Gasteiger partial charge in [0, 0.05) is 39.4 Å². The molecule has 2 heterocycles. The summed E-state index contributed by atoms with van der Waals surface area (Å²) in [6, 6.07) is 13.1. The van der Waals surface area contributed by atoms with Crippen molar-refractivity contribution in [2.75, 3.05) is 26.2 Å². The average Bonchev–Trinajstić information content (AvgIpc) is 2.88. The summed E-state index contributed by atoms with van der Waals surface area (Å²) in [5.41, 5.74) is 2.60. The van der Waals surface area contributed by atoms with Gasteiger partial charge in [0.25, 0.3) is 0 Å². The van der Waals surface area contributed by atoms with Crippen molar-refractivity contribution in [1.29, 1.82) is 0 Å². The molecule has 0 amide bonds. The Morgan fingerprint density at radius 3 is 2.40 bits per heavy atom. The van der Waals surface area contributed by atoms with Crippen LogP contribution in [0, 0.1) is 0 Å². The Labute approximate surface area is 126 Å². The number of piperazine rings is 1. The molecule has 20 heavy (non-hydrogen) atoms. The van der Waals surface area contributed by atoms with Crippen molar-refractivity contribution < 1.29 is 0 Å². The van der Waals surface area contributed by atoms with E-state index in [1.807, 2.05) is 17.9 Å². The first kappa shape index (κ1) is 15.0. The van der Waals surface area contributed by atoms with E-state index >= 15 is 0 Å². The van der Waals surface area contributed by atoms with Crippen LogP contribution in [0.2, 0.25) is 0 Å². The third-order valence-electron chi connectivity index (χ3n) is 3.77. The van der Waals surface area contributed by atoms with Crippen LogP contribution in [0.4, 0.5) is 0 Å². The van der Waals surface area contributed by atoms with Crippen LogP contribution in [-0.4, -0.2) is 40.9 Å². The summed E-state index contributed by atoms with van der Waals surface area (Å²) < 4.78 is 1.99. The van der Waals surface area contributed by atoms with Gasteiger partial charge < -0.3 is 5.32 Å². The molecule has 1 N–H and O–H groups in total. The molecule has 1 aliphatic heterocycles. The molecule has 0 spiro atoms. The van der Waals surface area contributed by atoms with Gasteiger partial charge in [-0.3, -0.25) is 9.58 Å². The molecule has 108 valence electrons. The molecule has 1 aromatic carbocycles. The van der Waals surface area contributed by atoms with E-state index in [-0.39, 0.29) is 12.4 Å². The van der Waals surface area contributed by atoms with Gasteiger partial charge >= 0.3 is 0 Å². The van der Waals surface area contributed by atoms with Crippen LogP contribution in [0.3, 0.4) is 0 Å². The molecule has 0 aliphatic carbocycles. The van der Waals surface area contributed by atoms with Crippen LogP contribution in [0.15, 0.2) is 42.6 Å². The maximum atomic E-state index is 4.33. The van der Waals surface area contributed by atoms with Gasteiger partial charge in [0.2, 0.25) is 0 Å². The minimum atomic E-state index is 0. The molecule has 3 rings (SSSR count). The second-order valence-corrected chi connectivity index (χ2v) is 4.98. The molecular formula is C15H21ClN4. The van der Waals surface area contributed by atoms with Gasteiger partial charge in [-0.25, -0.2) is 0 Å². The Bertz CT molecular complexity index is 520. The molecule has 0 radical (unpaired) electrons. The predicted molar refractivity (Wildman–Crippen MR) is 83.2 cm³/mol. The summed E-state index contributed by atoms with van der Waals surface area (Å²) >= 11 is 0. The number of nitrogens with zero attached hydrogens (tertiary/aromatic N) is 3. The number of aromatic nitrogens is 2. The van der Waals surface area contributed by atoms with Gasteiger partial charge in [0.15, 0.2) is 0 Å². The van der Waals surface area contributed by atoms with E-state index < -0.39 is 0 Å². The third-order valence-corrected chi connectivity index (χ3v) is 3.77. The smallest absolute Gasteiger partial charge is 0.0774 e. The number of halogens is 1. The first-order valence-electron chi connectivity index (χ1n) is 6.84. The molecule has 2 aromatic rings. The standard InChI is InChI=1S/C15H20N4.ClH/c1-18-14(7-8-17-18)15(13-5-3-2-4-6-13)19-11-9-16-10-12-19;/h2-8,15-16H,9-12H2,1H3;1H. The van der Waals surface area contributed by atoms with E-state index in [2.05, 4.69) is 51.7 Å². The van der Waals surface area contributed by atoms with Crippen molar-refractivity contribution >= 4 is 12.4 Å². The molecule has 5 heteroatoms. The van der Waals surface area contributed by atoms with E-state index in [9.17, 15) is 0 Å². The van der Waals surface area contributed by atoms with Gasteiger partial charge in [-0.2, -0.15) is 5.10 Å². The number of aryl methyl sites for hydroxylation is 1. The lowest BCUT2D eigenvalue weighted by Crippen LogP contribution is -2.45. The van der Waals surface area contributed by atoms with Crippen LogP contribution in [-0.2, 0) is 7.05 Å². The predicted octanol–water partition coefficient (Wildman–Crippen LogP) is 1.84. The zero-order valence-electron chi connectivity index (χ0n) is 11.7. The van der Waals surface area contributed by atoms with E-state index in [1.54, 1.807) is 0 Å². The van der Waals surface area contributed by atoms with Gasteiger partial charge in [-0.1, -0.05) is 30.3 Å². The second-order valence-electron chi connectivity index (χ2n) is 4.98. The highest BCUT2D eigenvalue weighted by Gasteiger charge is 2.25. The van der Waals surface area contributed by atoms with E-state index in [0.29, 0.717) is 6.04 Å². The van der Waals surface area contributed by atoms with Crippen molar-refractivity contribution in [2.24, 2.45) is 7.05 Å². The number of hydrogen-bond donors (Lipinski definition) is 1. The Kier molecular flexibility index (Phi) is 5.17. The van der Waals surface area contributed by atoms with Crippen LogP contribution in [0.1, 0.15) is 17.3 Å². The summed E-state index contributed by atoms with van der Waals surface area (Å²) in [5, 5.41) is 7.75. The fraction of sp³-hybridized carbons (Fsp3) is 0.400. The molecule has 1 aliphatic rings. The molecule has 1 aromatic heterocycles. The molecular weight excluding hydrogens is 272 g/mol. The molecule has 1 atom stereocenters. The Hall–Kier alpha value is -1.36. The summed E-state index contributed by atoms with van der Waals surface area (Å²) in [5.74, 6) is 0. The van der Waals surface area contributed by atoms with Crippen LogP contribution >= 0.6 is 12.4 Å². The first-order valence-corrected chi connectivity index (χ1v) is 6.84. The van der Waals surface area contributed by atoms with E-state index in [4.69, 9.17) is 0 Å². The number of hydrogen-bond acceptors (Lipinski definition) is 3. The van der Waals surface area contributed by atoms with Crippen LogP contribution in [0.5, 0.6) is 0 Å². The zero-order valence-corrected chi connectivity index (χ0v) is 12.5. The summed E-state index contributed by atoms with van der Waals surface area (Å²) in [6.45, 7) is 4.26. The maximum Gasteiger partial charge on any atom is 0.0774 e. The monoisotopic (exact) mass is 292 g/mol. The van der Waals surface area contributed by atoms with Gasteiger partial charge in [0.1, 0.15) is 0 Å². The minimum Gasteiger partial charge on any atom is -0.314 e. The topological polar surface area (TPSA) is 33.1 Å². The largest absolute Gasteiger partial charge is 0.314 e. The van der Waals surface area contributed by atoms with E-state index in [1.165, 1.54) is 11.3 Å². The fourth-order valence-electron chi connectivity index (χ4n) is 2.80. The Balaban J connectivity index is 0.00000147. The quantitative estimate of drug-likeness (QED) is 0.937. The number of nitrogens with one attached hydrogen (secondary N) is 1. The highest BCUT2D eigenvalue weighted by atomic mass is 35.5. The fourth-order valence-corrected chi connectivity index (χ4v) is 2.80. The number of benzene rings is 1. The van der Waals surface area contributed by atoms with Crippen molar-refractivity contribution in [3.05, 3.63) is 53.9 Å². The van der Waals surface area contributed by atoms with Gasteiger partial charge in [0.05, 0.1) is 11.7 Å². The lowest BCUT2D eigenvalue weighted by atomic mass is 10.0. The normalized spacial score (nSPS) is 17.4. The Morgan fingerprint density at radius 1 is 1.10 bits per heavy atom. The molecule has 1 unspecified atom stereocenters. The second kappa shape index (κ2) is 6.88. The lowest BCUT2D eigenvalue weighted by molar-refractivity contribution is 0.192. The molecule has 4 nitrogen and oxygen atoms in total. The maximum absolute atomic E-state index is 4.33. The summed E-state index contributed by atoms with van der Waals surface area (Å²) in [7, 11) is 2.02. The Morgan fingerprint density at radius 2 is 1.80 bits per heavy atom. The molecule has 1 saturated heterocycles. The summed E-state index contributed by atoms with van der Waals surface area (Å²) in [6.07, 6.45) is 1.88. The SMILES string of the molecule is Cl.Cn1nccc1C(c1ccccc1)N1CCNCC1. The highest BCUT2D eigenvalue weighted by Crippen LogP contribution is 2.28. The first-order chi connectivity index (χ1) is 9.36. The minimum absolute atomic E-state index is 0. The van der Waals surface area contributed by atoms with Gasteiger partial charge in [-0.15, -0.1) is 12.4 Å². The van der Waals surface area contributed by atoms with Crippen molar-refractivity contribution in [3.8, 4) is 0 Å². The highest BCUT2D eigenvalue weighted by molar-refractivity contribution is 5.85. The van der Waals surface area contributed by atoms with Crippen LogP contribution in [0.25, 0.3) is 0 Å². The lowest BCUT2D eigenvalue weighted by Gasteiger charge is -2.35. The van der Waals surface area contributed by atoms with Crippen molar-refractivity contribution in [2.45, 2.75) is 6.04 Å². The summed E-state index contributed by atoms with van der Waals surface area (Å²) in [4.78, 5) is 2.53. The molecule has 1 fully saturated rings.